The minimum atomic E-state index is -0.392. The summed E-state index contributed by atoms with van der Waals surface area (Å²) in [5.74, 6) is 1.87. The van der Waals surface area contributed by atoms with Crippen molar-refractivity contribution in [1.29, 1.82) is 0 Å². The Balaban J connectivity index is -0.000000455. The molecule has 0 radical (unpaired) electrons. The number of hydrogen-bond acceptors (Lipinski definition) is 0. The second-order valence-corrected chi connectivity index (χ2v) is 14.9. The topological polar surface area (TPSA) is 0 Å². The van der Waals surface area contributed by atoms with E-state index >= 15 is 0 Å². The number of rotatable bonds is 19. The van der Waals surface area contributed by atoms with Gasteiger partial charge in [-0.25, -0.2) is 0 Å². The minimum Gasteiger partial charge on any atom is -1.00 e. The smallest absolute Gasteiger partial charge is 0.262 e. The monoisotopic (exact) mass is 424 g/mol. The molecule has 0 aliphatic carbocycles. The van der Waals surface area contributed by atoms with E-state index in [1.54, 1.807) is 26.4 Å². The fourth-order valence-corrected chi connectivity index (χ4v) is 9.74. The summed E-state index contributed by atoms with van der Waals surface area (Å²) in [6.07, 6.45) is 17.5. The van der Waals surface area contributed by atoms with Gasteiger partial charge in [0.15, 0.2) is 0 Å². The molecule has 0 atom stereocenters. The Morgan fingerprint density at radius 2 is 0.964 bits per heavy atom. The third-order valence-corrected chi connectivity index (χ3v) is 11.7. The summed E-state index contributed by atoms with van der Waals surface area (Å²) < 4.78 is 0. The molecule has 0 aromatic rings. The Bertz CT molecular complexity index is 249. The average Bonchev–Trinajstić information content (AvgIpc) is 2.63. The van der Waals surface area contributed by atoms with Gasteiger partial charge in [0.25, 0.3) is 14.1 Å². The van der Waals surface area contributed by atoms with E-state index in [-0.39, 0.29) is 1.43 Å². The van der Waals surface area contributed by atoms with Crippen LogP contribution >= 0.6 is 0 Å². The van der Waals surface area contributed by atoms with Gasteiger partial charge in [0.1, 0.15) is 0 Å². The zero-order valence-electron chi connectivity index (χ0n) is 22.3. The van der Waals surface area contributed by atoms with Crippen molar-refractivity contribution in [2.75, 3.05) is 0 Å². The third-order valence-electron chi connectivity index (χ3n) is 5.60. The summed E-state index contributed by atoms with van der Waals surface area (Å²) in [5, 5.41) is 7.88. The fourth-order valence-electron chi connectivity index (χ4n) is 4.10. The maximum atomic E-state index is 2.40. The Morgan fingerprint density at radius 3 is 1.32 bits per heavy atom. The molecule has 0 aromatic carbocycles. The van der Waals surface area contributed by atoms with Crippen LogP contribution in [0, 0.1) is 11.8 Å². The summed E-state index contributed by atoms with van der Waals surface area (Å²) in [7, 11) is 0. The molecule has 0 aliphatic rings. The van der Waals surface area contributed by atoms with Crippen LogP contribution in [0.4, 0.5) is 0 Å². The van der Waals surface area contributed by atoms with E-state index in [1.165, 1.54) is 77.0 Å². The van der Waals surface area contributed by atoms with E-state index in [0.29, 0.717) is 0 Å². The van der Waals surface area contributed by atoms with Crippen LogP contribution in [0.15, 0.2) is 0 Å². The number of hydrogen-bond donors (Lipinski definition) is 0. The molecule has 168 valence electrons. The molecule has 0 spiro atoms. The Morgan fingerprint density at radius 1 is 0.571 bits per heavy atom. The first-order valence-corrected chi connectivity index (χ1v) is 17.4. The predicted molar refractivity (Wildman–Crippen MR) is 139 cm³/mol. The molecule has 28 heavy (non-hydrogen) atoms. The first-order chi connectivity index (χ1) is 13.5. The summed E-state index contributed by atoms with van der Waals surface area (Å²) in [5.41, 5.74) is 0. The summed E-state index contributed by atoms with van der Waals surface area (Å²) in [4.78, 5) is 0. The molecular formula is C26H58Al2. The van der Waals surface area contributed by atoms with Crippen LogP contribution in [-0.2, 0) is 0 Å². The minimum absolute atomic E-state index is 0. The van der Waals surface area contributed by atoms with Crippen molar-refractivity contribution in [2.45, 2.75) is 152 Å². The molecule has 0 N–H and O–H groups in total. The summed E-state index contributed by atoms with van der Waals surface area (Å²) in [6.45, 7) is 16.5. The van der Waals surface area contributed by atoms with Crippen LogP contribution in [-0.4, -0.2) is 29.4 Å². The fraction of sp³-hybridized carbons (Fsp3) is 1.00. The molecule has 0 aromatic heterocycles. The van der Waals surface area contributed by atoms with Gasteiger partial charge in [-0.05, 0) is 0 Å². The van der Waals surface area contributed by atoms with Crippen molar-refractivity contribution < 1.29 is 1.43 Å². The van der Waals surface area contributed by atoms with Crippen molar-refractivity contribution in [2.24, 2.45) is 11.8 Å². The van der Waals surface area contributed by atoms with Gasteiger partial charge in [-0.15, -0.1) is 0 Å². The first-order valence-electron chi connectivity index (χ1n) is 13.3. The van der Waals surface area contributed by atoms with E-state index in [1.807, 2.05) is 0 Å². The largest absolute Gasteiger partial charge is 1.00 e. The van der Waals surface area contributed by atoms with Crippen molar-refractivity contribution in [3.8, 4) is 0 Å². The van der Waals surface area contributed by atoms with Crippen molar-refractivity contribution in [1.82, 2.24) is 0 Å². The van der Waals surface area contributed by atoms with Gasteiger partial charge in [-0.3, -0.25) is 0 Å². The van der Waals surface area contributed by atoms with Crippen molar-refractivity contribution in [3.05, 3.63) is 0 Å². The molecule has 2 heteroatoms. The molecule has 0 amide bonds. The molecule has 0 fully saturated rings. The van der Waals surface area contributed by atoms with Gasteiger partial charge >= 0.3 is 91.0 Å². The van der Waals surface area contributed by atoms with Gasteiger partial charge in [0.05, 0.1) is 0 Å². The van der Waals surface area contributed by atoms with E-state index in [4.69, 9.17) is 0 Å². The Hall–Kier alpha value is 1.06. The summed E-state index contributed by atoms with van der Waals surface area (Å²) >= 11 is 0.413. The zero-order chi connectivity index (χ0) is 21.5. The molecule has 0 unspecified atom stereocenters. The van der Waals surface area contributed by atoms with Crippen LogP contribution in [0.3, 0.4) is 0 Å². The van der Waals surface area contributed by atoms with Crippen LogP contribution in [0.1, 0.15) is 127 Å². The normalized spacial score (nSPS) is 10.8. The molecule has 0 saturated carbocycles. The zero-order valence-corrected chi connectivity index (χ0v) is 23.6. The van der Waals surface area contributed by atoms with E-state index in [9.17, 15) is 0 Å². The van der Waals surface area contributed by atoms with Gasteiger partial charge in [-0.2, -0.15) is 0 Å². The SMILES string of the molecule is CCCCC[CH2][Al+][CH2]CCCCC.CCCCC[CH2][Al]([CH2]C(C)C)[CH2]C(C)C.[H-]. The van der Waals surface area contributed by atoms with E-state index in [0.717, 1.165) is 27.1 Å². The average molecular weight is 425 g/mol. The molecule has 0 rings (SSSR count). The second-order valence-electron chi connectivity index (χ2n) is 9.96. The van der Waals surface area contributed by atoms with Gasteiger partial charge in [0, 0.05) is 0 Å². The maximum Gasteiger partial charge on any atom is 0.262 e. The van der Waals surface area contributed by atoms with E-state index in [2.05, 4.69) is 48.5 Å². The quantitative estimate of drug-likeness (QED) is 0.143. The van der Waals surface area contributed by atoms with Crippen LogP contribution in [0.2, 0.25) is 26.4 Å². The van der Waals surface area contributed by atoms with Gasteiger partial charge in [-0.1, -0.05) is 88.0 Å². The Kier molecular flexibility index (Phi) is 29.1. The molecule has 0 saturated heterocycles. The standard InChI is InChI=1S/3C6H13.2C4H9.2Al.H/c3*1-3-5-6-4-2;2*1-4(2)3;;;/h3*1,3-6H2,2H3;2*4H,1H2,2-3H3;;;/q;;;;;;+1;-1. The maximum absolute atomic E-state index is 2.40. The van der Waals surface area contributed by atoms with Gasteiger partial charge < -0.3 is 1.43 Å². The van der Waals surface area contributed by atoms with Crippen molar-refractivity contribution >= 4 is 29.4 Å². The van der Waals surface area contributed by atoms with Gasteiger partial charge in [0.2, 0.25) is 0 Å². The predicted octanol–water partition coefficient (Wildman–Crippen LogP) is 10.2. The van der Waals surface area contributed by atoms with Crippen molar-refractivity contribution in [3.63, 3.8) is 0 Å². The summed E-state index contributed by atoms with van der Waals surface area (Å²) in [6, 6.07) is 0. The first kappa shape index (κ1) is 31.3. The second kappa shape index (κ2) is 26.1. The molecule has 0 bridgehead atoms. The number of unbranched alkanes of at least 4 members (excludes halogenated alkanes) is 9. The molecular weight excluding hydrogens is 366 g/mol. The molecule has 0 nitrogen and oxygen atoms in total. The van der Waals surface area contributed by atoms with E-state index < -0.39 is 14.1 Å². The Labute approximate surface area is 194 Å². The molecule has 0 heterocycles. The van der Waals surface area contributed by atoms with Crippen LogP contribution in [0.5, 0.6) is 0 Å². The molecule has 0 aliphatic heterocycles. The third kappa shape index (κ3) is 29.3. The van der Waals surface area contributed by atoms with Crippen LogP contribution in [0.25, 0.3) is 0 Å². The van der Waals surface area contributed by atoms with Crippen LogP contribution < -0.4 is 0 Å².